The van der Waals surface area contributed by atoms with Gasteiger partial charge in [-0.1, -0.05) is 12.2 Å². The fraction of sp³-hybridized carbons (Fsp3) is 0.500. The maximum absolute atomic E-state index is 11.8. The van der Waals surface area contributed by atoms with Crippen LogP contribution in [0.2, 0.25) is 0 Å². The Morgan fingerprint density at radius 3 is 2.42 bits per heavy atom. The molecular formula is C10H16N5O12P3S. The molecule has 17 nitrogen and oxygen atoms in total. The van der Waals surface area contributed by atoms with Crippen molar-refractivity contribution < 1.29 is 56.5 Å². The predicted octanol–water partition coefficient (Wildman–Crippen LogP) is -0.692. The van der Waals surface area contributed by atoms with Crippen molar-refractivity contribution >= 4 is 51.7 Å². The SMILES string of the molecule is Nc1ncnc2c1ncn2C1OC(COP(=O)(O)OP(=O)(O)OP(=O)(O)S)C(O)C1O. The number of phosphoric ester groups is 1. The summed E-state index contributed by atoms with van der Waals surface area (Å²) in [7, 11) is -10.9. The third kappa shape index (κ3) is 5.89. The Balaban J connectivity index is 1.69. The lowest BCUT2D eigenvalue weighted by atomic mass is 10.1. The maximum Gasteiger partial charge on any atom is 0.488 e. The number of nitrogens with zero attached hydrogens (tertiary/aromatic N) is 4. The molecule has 2 aromatic rings. The first-order chi connectivity index (χ1) is 14.2. The van der Waals surface area contributed by atoms with Crippen LogP contribution in [0, 0.1) is 0 Å². The number of ether oxygens (including phenoxy) is 1. The molecule has 1 aliphatic rings. The van der Waals surface area contributed by atoms with Gasteiger partial charge in [0, 0.05) is 0 Å². The smallest absolute Gasteiger partial charge is 0.387 e. The highest BCUT2D eigenvalue weighted by atomic mass is 32.7. The Bertz CT molecular complexity index is 1110. The lowest BCUT2D eigenvalue weighted by molar-refractivity contribution is -0.0503. The largest absolute Gasteiger partial charge is 0.488 e. The van der Waals surface area contributed by atoms with E-state index in [1.807, 2.05) is 0 Å². The van der Waals surface area contributed by atoms with Gasteiger partial charge in [-0.25, -0.2) is 28.6 Å². The van der Waals surface area contributed by atoms with Crippen molar-refractivity contribution in [2.75, 3.05) is 12.3 Å². The molecule has 21 heteroatoms. The van der Waals surface area contributed by atoms with Crippen molar-refractivity contribution in [1.29, 1.82) is 0 Å². The number of hydrogen-bond acceptors (Lipinski definition) is 13. The van der Waals surface area contributed by atoms with Crippen molar-refractivity contribution in [2.24, 2.45) is 0 Å². The maximum atomic E-state index is 11.8. The summed E-state index contributed by atoms with van der Waals surface area (Å²) >= 11 is 2.97. The van der Waals surface area contributed by atoms with Crippen LogP contribution in [0.5, 0.6) is 0 Å². The lowest BCUT2D eigenvalue weighted by Crippen LogP contribution is -2.33. The molecule has 1 fully saturated rings. The number of nitrogen functional groups attached to an aromatic ring is 1. The first kappa shape index (κ1) is 24.7. The van der Waals surface area contributed by atoms with E-state index in [-0.39, 0.29) is 17.0 Å². The number of phosphoric acid groups is 2. The third-order valence-corrected chi connectivity index (χ3v) is 8.28. The van der Waals surface area contributed by atoms with Crippen molar-refractivity contribution in [3.05, 3.63) is 12.7 Å². The summed E-state index contributed by atoms with van der Waals surface area (Å²) in [5.74, 6) is 0.0549. The van der Waals surface area contributed by atoms with Crippen molar-refractivity contribution in [3.63, 3.8) is 0 Å². The van der Waals surface area contributed by atoms with Crippen LogP contribution in [0.25, 0.3) is 11.2 Å². The van der Waals surface area contributed by atoms with Gasteiger partial charge in [-0.15, -0.1) is 0 Å². The molecule has 3 rings (SSSR count). The van der Waals surface area contributed by atoms with E-state index in [0.29, 0.717) is 0 Å². The highest BCUT2D eigenvalue weighted by molar-refractivity contribution is 8.44. The standard InChI is InChI=1S/C10H16N5O12P3S/c11-8-5-9(13-2-12-8)15(3-14-5)10-7(17)6(16)4(25-10)1-24-28(18,19)26-29(20,21)27-30(22,23)31/h2-4,6-7,10,16-17H,1H2,(H,18,19)(H,20,21)(H2,11,12,13)(H2,22,23,31). The Morgan fingerprint density at radius 1 is 1.10 bits per heavy atom. The summed E-state index contributed by atoms with van der Waals surface area (Å²) in [6, 6.07) is 0. The number of anilines is 1. The zero-order valence-electron chi connectivity index (χ0n) is 14.9. The number of aromatic nitrogens is 4. The van der Waals surface area contributed by atoms with E-state index in [1.54, 1.807) is 0 Å². The van der Waals surface area contributed by atoms with Gasteiger partial charge in [0.1, 0.15) is 30.2 Å². The first-order valence-corrected chi connectivity index (χ1v) is 13.6. The molecular weight excluding hydrogens is 507 g/mol. The number of aliphatic hydroxyl groups is 2. The van der Waals surface area contributed by atoms with Gasteiger partial charge in [-0.3, -0.25) is 9.09 Å². The molecule has 1 aliphatic heterocycles. The molecule has 0 aliphatic carbocycles. The second-order valence-electron chi connectivity index (χ2n) is 6.02. The van der Waals surface area contributed by atoms with E-state index >= 15 is 0 Å². The van der Waals surface area contributed by atoms with E-state index < -0.39 is 53.6 Å². The fourth-order valence-electron chi connectivity index (χ4n) is 2.62. The van der Waals surface area contributed by atoms with Gasteiger partial charge in [-0.05, 0) is 0 Å². The zero-order valence-corrected chi connectivity index (χ0v) is 18.5. The minimum absolute atomic E-state index is 0.0549. The number of nitrogens with two attached hydrogens (primary N) is 1. The van der Waals surface area contributed by atoms with E-state index in [0.717, 1.165) is 6.33 Å². The molecule has 3 heterocycles. The number of thiol groups is 1. The minimum atomic E-state index is -5.53. The van der Waals surface area contributed by atoms with E-state index in [9.17, 15) is 33.7 Å². The lowest BCUT2D eigenvalue weighted by Gasteiger charge is -2.19. The second kappa shape index (κ2) is 8.76. The first-order valence-electron chi connectivity index (χ1n) is 7.92. The number of hydrogen-bond donors (Lipinski definition) is 7. The molecule has 1 saturated heterocycles. The molecule has 174 valence electrons. The zero-order chi connectivity index (χ0) is 23.2. The van der Waals surface area contributed by atoms with Crippen molar-refractivity contribution in [3.8, 4) is 0 Å². The summed E-state index contributed by atoms with van der Waals surface area (Å²) in [6.07, 6.45) is -3.55. The summed E-state index contributed by atoms with van der Waals surface area (Å²) < 4.78 is 52.9. The summed E-state index contributed by atoms with van der Waals surface area (Å²) in [5, 5.41) is 20.5. The Labute approximate surface area is 177 Å². The molecule has 7 unspecified atom stereocenters. The molecule has 0 aromatic carbocycles. The summed E-state index contributed by atoms with van der Waals surface area (Å²) in [5.41, 5.74) is 6.04. The molecule has 0 bridgehead atoms. The number of imidazole rings is 1. The molecule has 7 N–H and O–H groups in total. The Hall–Kier alpha value is -0.970. The Kier molecular flexibility index (Phi) is 6.97. The van der Waals surface area contributed by atoms with Crippen LogP contribution in [0.4, 0.5) is 5.82 Å². The molecule has 7 atom stereocenters. The van der Waals surface area contributed by atoms with Gasteiger partial charge >= 0.3 is 22.4 Å². The normalized spacial score (nSPS) is 30.0. The highest BCUT2D eigenvalue weighted by Crippen LogP contribution is 2.68. The monoisotopic (exact) mass is 523 g/mol. The molecule has 0 radical (unpaired) electrons. The molecule has 31 heavy (non-hydrogen) atoms. The third-order valence-electron chi connectivity index (χ3n) is 3.82. The quantitative estimate of drug-likeness (QED) is 0.167. The Morgan fingerprint density at radius 2 is 1.77 bits per heavy atom. The predicted molar refractivity (Wildman–Crippen MR) is 102 cm³/mol. The van der Waals surface area contributed by atoms with E-state index in [1.165, 1.54) is 10.9 Å². The van der Waals surface area contributed by atoms with Crippen LogP contribution < -0.4 is 5.73 Å². The number of aliphatic hydroxyl groups excluding tert-OH is 2. The summed E-state index contributed by atoms with van der Waals surface area (Å²) in [6.45, 7) is -5.76. The van der Waals surface area contributed by atoms with Crippen molar-refractivity contribution in [2.45, 2.75) is 24.5 Å². The van der Waals surface area contributed by atoms with Gasteiger partial charge in [0.15, 0.2) is 17.7 Å². The van der Waals surface area contributed by atoms with Gasteiger partial charge in [0.25, 0.3) is 0 Å². The van der Waals surface area contributed by atoms with Crippen LogP contribution in [0.1, 0.15) is 6.23 Å². The van der Waals surface area contributed by atoms with Crippen LogP contribution >= 0.6 is 34.7 Å². The van der Waals surface area contributed by atoms with Crippen LogP contribution in [0.3, 0.4) is 0 Å². The molecule has 0 amide bonds. The number of fused-ring (bicyclic) bond motifs is 1. The van der Waals surface area contributed by atoms with Gasteiger partial charge in [0.2, 0.25) is 0 Å². The van der Waals surface area contributed by atoms with Gasteiger partial charge < -0.3 is 35.4 Å². The van der Waals surface area contributed by atoms with Gasteiger partial charge in [-0.2, -0.15) is 8.62 Å². The van der Waals surface area contributed by atoms with Crippen LogP contribution in [-0.2, 0) is 31.6 Å². The van der Waals surface area contributed by atoms with Crippen LogP contribution in [0.15, 0.2) is 12.7 Å². The minimum Gasteiger partial charge on any atom is -0.387 e. The average Bonchev–Trinajstić information content (AvgIpc) is 3.13. The highest BCUT2D eigenvalue weighted by Gasteiger charge is 2.46. The van der Waals surface area contributed by atoms with E-state index in [2.05, 4.69) is 40.3 Å². The fourth-order valence-corrected chi connectivity index (χ4v) is 6.48. The van der Waals surface area contributed by atoms with Crippen LogP contribution in [-0.4, -0.2) is 69.3 Å². The van der Waals surface area contributed by atoms with E-state index in [4.69, 9.17) is 15.4 Å². The molecule has 0 saturated carbocycles. The van der Waals surface area contributed by atoms with Crippen molar-refractivity contribution in [1.82, 2.24) is 19.5 Å². The molecule has 2 aromatic heterocycles. The topological polar surface area (TPSA) is 259 Å². The average molecular weight is 523 g/mol. The number of rotatable bonds is 8. The summed E-state index contributed by atoms with van der Waals surface area (Å²) in [4.78, 5) is 39.3. The van der Waals surface area contributed by atoms with Gasteiger partial charge in [0.05, 0.1) is 12.9 Å². The molecule has 0 spiro atoms. The second-order valence-corrected chi connectivity index (χ2v) is 12.0.